The monoisotopic (exact) mass is 367 g/mol. The smallest absolute Gasteiger partial charge is 0.320 e. The minimum Gasteiger partial charge on any atom is -0.459 e. The topological polar surface area (TPSA) is 61.9 Å². The minimum atomic E-state index is -0.446. The number of anilines is 1. The van der Waals surface area contributed by atoms with Crippen molar-refractivity contribution in [1.29, 1.82) is 0 Å². The Morgan fingerprint density at radius 1 is 1.20 bits per heavy atom. The number of benzene rings is 1. The van der Waals surface area contributed by atoms with Crippen LogP contribution in [0.25, 0.3) is 0 Å². The molecule has 1 aromatic carbocycles. The van der Waals surface area contributed by atoms with Crippen LogP contribution in [0.1, 0.15) is 26.3 Å². The van der Waals surface area contributed by atoms with Crippen LogP contribution < -0.4 is 5.32 Å². The number of hydrogen-bond acceptors (Lipinski definition) is 5. The summed E-state index contributed by atoms with van der Waals surface area (Å²) in [7, 11) is 0. The average molecular weight is 368 g/mol. The maximum Gasteiger partial charge on any atom is 0.320 e. The third-order valence-corrected chi connectivity index (χ3v) is 4.05. The third kappa shape index (κ3) is 7.02. The van der Waals surface area contributed by atoms with Crippen LogP contribution in [0.15, 0.2) is 18.2 Å². The predicted octanol–water partition coefficient (Wildman–Crippen LogP) is 2.37. The van der Waals surface area contributed by atoms with Gasteiger partial charge in [-0.1, -0.05) is 11.6 Å². The molecule has 0 aliphatic carbocycles. The van der Waals surface area contributed by atoms with E-state index in [1.807, 2.05) is 32.9 Å². The van der Waals surface area contributed by atoms with Gasteiger partial charge in [0.15, 0.2) is 0 Å². The minimum absolute atomic E-state index is 0.180. The van der Waals surface area contributed by atoms with Crippen LogP contribution in [-0.4, -0.2) is 60.5 Å². The van der Waals surface area contributed by atoms with Gasteiger partial charge in [0.05, 0.1) is 6.54 Å². The molecule has 1 amide bonds. The van der Waals surface area contributed by atoms with Crippen molar-refractivity contribution in [2.45, 2.75) is 32.9 Å². The van der Waals surface area contributed by atoms with Gasteiger partial charge in [0.25, 0.3) is 0 Å². The van der Waals surface area contributed by atoms with Crippen molar-refractivity contribution in [1.82, 2.24) is 9.80 Å². The fourth-order valence-electron chi connectivity index (χ4n) is 2.81. The van der Waals surface area contributed by atoms with Crippen LogP contribution in [0.5, 0.6) is 0 Å². The Hall–Kier alpha value is -1.63. The van der Waals surface area contributed by atoms with E-state index in [2.05, 4.69) is 15.1 Å². The lowest BCUT2D eigenvalue weighted by Gasteiger charge is -2.34. The molecule has 0 bridgehead atoms. The third-order valence-electron chi connectivity index (χ3n) is 3.83. The van der Waals surface area contributed by atoms with Crippen LogP contribution in [0.3, 0.4) is 0 Å². The van der Waals surface area contributed by atoms with E-state index >= 15 is 0 Å². The van der Waals surface area contributed by atoms with E-state index in [0.29, 0.717) is 23.7 Å². The lowest BCUT2D eigenvalue weighted by atomic mass is 10.1. The van der Waals surface area contributed by atoms with Gasteiger partial charge < -0.3 is 10.1 Å². The molecule has 1 N–H and O–H groups in total. The molecule has 2 rings (SSSR count). The average Bonchev–Trinajstić information content (AvgIpc) is 2.47. The molecule has 25 heavy (non-hydrogen) atoms. The number of carbonyl (C=O) groups excluding carboxylic acids is 2. The summed E-state index contributed by atoms with van der Waals surface area (Å²) in [6.07, 6.45) is 0.644. The van der Waals surface area contributed by atoms with Gasteiger partial charge in [-0.3, -0.25) is 19.4 Å². The van der Waals surface area contributed by atoms with Crippen LogP contribution in [0, 0.1) is 0 Å². The first-order valence-corrected chi connectivity index (χ1v) is 8.79. The number of hydrogen-bond donors (Lipinski definition) is 1. The number of nitrogens with zero attached hydrogens (tertiary/aromatic N) is 2. The highest BCUT2D eigenvalue weighted by Crippen LogP contribution is 2.20. The Balaban J connectivity index is 1.82. The summed E-state index contributed by atoms with van der Waals surface area (Å²) < 4.78 is 5.37. The van der Waals surface area contributed by atoms with E-state index in [1.54, 1.807) is 6.07 Å². The number of nitrogens with one attached hydrogen (secondary N) is 1. The molecule has 1 heterocycles. The van der Waals surface area contributed by atoms with Gasteiger partial charge in [0.1, 0.15) is 5.60 Å². The molecule has 1 aromatic rings. The zero-order valence-electron chi connectivity index (χ0n) is 15.0. The highest BCUT2D eigenvalue weighted by Gasteiger charge is 2.22. The number of carbonyl (C=O) groups is 2. The highest BCUT2D eigenvalue weighted by molar-refractivity contribution is 6.31. The van der Waals surface area contributed by atoms with E-state index in [0.717, 1.165) is 38.3 Å². The number of ether oxygens (including phenoxy) is 1. The van der Waals surface area contributed by atoms with E-state index in [4.69, 9.17) is 16.3 Å². The van der Waals surface area contributed by atoms with Crippen LogP contribution in [-0.2, 0) is 20.9 Å². The van der Waals surface area contributed by atoms with Crippen molar-refractivity contribution in [3.8, 4) is 0 Å². The quantitative estimate of drug-likeness (QED) is 0.617. The molecule has 6 nitrogen and oxygen atoms in total. The number of esters is 1. The molecule has 1 aliphatic rings. The number of amides is 1. The molecular formula is C18H26ClN3O3. The second-order valence-corrected chi connectivity index (χ2v) is 7.69. The van der Waals surface area contributed by atoms with Crippen LogP contribution in [0.2, 0.25) is 5.02 Å². The largest absolute Gasteiger partial charge is 0.459 e. The fraction of sp³-hybridized carbons (Fsp3) is 0.556. The Morgan fingerprint density at radius 2 is 1.84 bits per heavy atom. The lowest BCUT2D eigenvalue weighted by molar-refractivity contribution is -0.156. The molecule has 0 atom stereocenters. The molecule has 138 valence electrons. The summed E-state index contributed by atoms with van der Waals surface area (Å²) in [4.78, 5) is 26.9. The van der Waals surface area contributed by atoms with Gasteiger partial charge in [-0.05, 0) is 44.5 Å². The van der Waals surface area contributed by atoms with Crippen molar-refractivity contribution in [3.05, 3.63) is 28.8 Å². The first-order chi connectivity index (χ1) is 11.7. The molecule has 0 aromatic heterocycles. The molecule has 0 unspecified atom stereocenters. The normalized spacial score (nSPS) is 16.5. The first-order valence-electron chi connectivity index (χ1n) is 8.41. The summed E-state index contributed by atoms with van der Waals surface area (Å²) >= 11 is 6.10. The second kappa shape index (κ2) is 8.65. The SMILES string of the molecule is CC(C)(C)OC(=O)CN1CCN(Cc2cc(Cl)cc(NC=O)c2)CC1. The van der Waals surface area contributed by atoms with Gasteiger partial charge in [0.2, 0.25) is 6.41 Å². The van der Waals surface area contributed by atoms with E-state index in [1.165, 1.54) is 0 Å². The van der Waals surface area contributed by atoms with E-state index < -0.39 is 5.60 Å². The summed E-state index contributed by atoms with van der Waals surface area (Å²) in [5.41, 5.74) is 1.30. The standard InChI is InChI=1S/C18H26ClN3O3/c1-18(2,3)25-17(24)12-22-6-4-21(5-7-22)11-14-8-15(19)10-16(9-14)20-13-23/h8-10,13H,4-7,11-12H2,1-3H3,(H,20,23). The fourth-order valence-corrected chi connectivity index (χ4v) is 3.07. The zero-order chi connectivity index (χ0) is 18.4. The Labute approximate surface area is 154 Å². The van der Waals surface area contributed by atoms with Crippen molar-refractivity contribution in [2.75, 3.05) is 38.0 Å². The molecule has 1 saturated heterocycles. The second-order valence-electron chi connectivity index (χ2n) is 7.25. The lowest BCUT2D eigenvalue weighted by Crippen LogP contribution is -2.48. The maximum atomic E-state index is 11.9. The zero-order valence-corrected chi connectivity index (χ0v) is 15.8. The summed E-state index contributed by atoms with van der Waals surface area (Å²) in [5.74, 6) is -0.180. The van der Waals surface area contributed by atoms with Gasteiger partial charge in [-0.25, -0.2) is 0 Å². The maximum absolute atomic E-state index is 11.9. The van der Waals surface area contributed by atoms with Gasteiger partial charge >= 0.3 is 5.97 Å². The van der Waals surface area contributed by atoms with Gasteiger partial charge in [-0.2, -0.15) is 0 Å². The van der Waals surface area contributed by atoms with Crippen molar-refractivity contribution in [3.63, 3.8) is 0 Å². The Morgan fingerprint density at radius 3 is 2.44 bits per heavy atom. The summed E-state index contributed by atoms with van der Waals surface area (Å²) in [5, 5.41) is 3.23. The van der Waals surface area contributed by atoms with E-state index in [9.17, 15) is 9.59 Å². The van der Waals surface area contributed by atoms with E-state index in [-0.39, 0.29) is 5.97 Å². The van der Waals surface area contributed by atoms with Gasteiger partial charge in [0, 0.05) is 43.4 Å². The molecule has 1 aliphatic heterocycles. The molecule has 1 fully saturated rings. The highest BCUT2D eigenvalue weighted by atomic mass is 35.5. The Kier molecular flexibility index (Phi) is 6.81. The molecular weight excluding hydrogens is 342 g/mol. The molecule has 0 radical (unpaired) electrons. The summed E-state index contributed by atoms with van der Waals surface area (Å²) in [6.45, 7) is 10.1. The predicted molar refractivity (Wildman–Crippen MR) is 98.7 cm³/mol. The Bertz CT molecular complexity index is 608. The van der Waals surface area contributed by atoms with Crippen molar-refractivity contribution >= 4 is 29.7 Å². The number of rotatable bonds is 6. The molecule has 0 spiro atoms. The summed E-state index contributed by atoms with van der Waals surface area (Å²) in [6, 6.07) is 5.55. The van der Waals surface area contributed by atoms with Crippen LogP contribution >= 0.6 is 11.6 Å². The van der Waals surface area contributed by atoms with Crippen LogP contribution in [0.4, 0.5) is 5.69 Å². The first kappa shape index (κ1) is 19.7. The molecule has 0 saturated carbocycles. The molecule has 7 heteroatoms. The van der Waals surface area contributed by atoms with Gasteiger partial charge in [-0.15, -0.1) is 0 Å². The van der Waals surface area contributed by atoms with Crippen molar-refractivity contribution in [2.24, 2.45) is 0 Å². The number of halogens is 1. The number of piperazine rings is 1. The van der Waals surface area contributed by atoms with Crippen molar-refractivity contribution < 1.29 is 14.3 Å².